The van der Waals surface area contributed by atoms with E-state index >= 15 is 0 Å². The zero-order valence-electron chi connectivity index (χ0n) is 15.4. The van der Waals surface area contributed by atoms with Gasteiger partial charge in [-0.15, -0.1) is 0 Å². The molecule has 0 spiro atoms. The Labute approximate surface area is 161 Å². The Bertz CT molecular complexity index is 572. The van der Waals surface area contributed by atoms with E-state index in [2.05, 4.69) is 5.32 Å². The summed E-state index contributed by atoms with van der Waals surface area (Å²) in [5.74, 6) is -0.299. The Kier molecular flexibility index (Phi) is 9.97. The maximum Gasteiger partial charge on any atom is 0.408 e. The van der Waals surface area contributed by atoms with Gasteiger partial charge in [-0.25, -0.2) is 9.59 Å². The molecule has 0 aliphatic heterocycles. The second-order valence-electron chi connectivity index (χ2n) is 7.03. The van der Waals surface area contributed by atoms with Crippen LogP contribution in [-0.2, 0) is 20.9 Å². The van der Waals surface area contributed by atoms with Crippen LogP contribution in [0.15, 0.2) is 24.3 Å². The molecule has 1 aromatic rings. The summed E-state index contributed by atoms with van der Waals surface area (Å²) in [5, 5.41) is 3.12. The van der Waals surface area contributed by atoms with Gasteiger partial charge in [-0.1, -0.05) is 43.6 Å². The number of amides is 1. The van der Waals surface area contributed by atoms with Gasteiger partial charge >= 0.3 is 12.1 Å². The number of benzene rings is 1. The summed E-state index contributed by atoms with van der Waals surface area (Å²) >= 11 is 6.05. The Morgan fingerprint density at radius 2 is 1.80 bits per heavy atom. The number of nitrogens with one attached hydrogen (secondary N) is 1. The molecule has 0 saturated heterocycles. The largest absolute Gasteiger partial charge is 0.459 e. The molecule has 142 valence electrons. The molecule has 1 aromatic carbocycles. The molecule has 1 atom stereocenters. The van der Waals surface area contributed by atoms with Crippen LogP contribution in [0.3, 0.4) is 0 Å². The molecule has 0 aliphatic rings. The van der Waals surface area contributed by atoms with Crippen LogP contribution >= 0.6 is 25.1 Å². The molecule has 0 radical (unpaired) electrons. The van der Waals surface area contributed by atoms with E-state index in [9.17, 15) is 9.59 Å². The lowest BCUT2D eigenvalue weighted by Gasteiger charge is -2.23. The molecule has 25 heavy (non-hydrogen) atoms. The summed E-state index contributed by atoms with van der Waals surface area (Å²) in [6, 6.07) is 6.38. The van der Waals surface area contributed by atoms with Crippen molar-refractivity contribution in [3.8, 4) is 0 Å². The zero-order chi connectivity index (χ0) is 18.3. The molecule has 0 unspecified atom stereocenters. The van der Waals surface area contributed by atoms with E-state index in [-0.39, 0.29) is 26.0 Å². The molecule has 7 heteroatoms. The molecular weight excluding hydrogens is 362 g/mol. The summed E-state index contributed by atoms with van der Waals surface area (Å²) in [6.07, 6.45) is -0.177. The fraction of sp³-hybridized carbons (Fsp3) is 0.556. The number of carbonyl (C=O) groups excluding carboxylic acids is 2. The van der Waals surface area contributed by atoms with Crippen molar-refractivity contribution in [2.24, 2.45) is 5.92 Å². The lowest BCUT2D eigenvalue weighted by Crippen LogP contribution is -2.44. The number of halogens is 1. The maximum atomic E-state index is 12.3. The first-order valence-corrected chi connectivity index (χ1v) is 8.36. The zero-order valence-corrected chi connectivity index (χ0v) is 17.1. The molecule has 0 aromatic heterocycles. The standard InChI is InChI=1S/C18H26ClNO4.H2S/c1-12(2)10-15(20-17(22)24-18(3,4)5)16(21)23-11-13-8-6-7-9-14(13)19;/h6-9,12,15H,10-11H2,1-5H3,(H,20,22);1H2/t15-;/m0./s1. The highest BCUT2D eigenvalue weighted by atomic mass is 35.5. The molecule has 1 N–H and O–H groups in total. The summed E-state index contributed by atoms with van der Waals surface area (Å²) in [7, 11) is 0. The summed E-state index contributed by atoms with van der Waals surface area (Å²) in [4.78, 5) is 24.3. The number of esters is 1. The molecule has 0 bridgehead atoms. The minimum absolute atomic E-state index is 0. The van der Waals surface area contributed by atoms with Crippen LogP contribution in [0.4, 0.5) is 4.79 Å². The Morgan fingerprint density at radius 3 is 2.32 bits per heavy atom. The van der Waals surface area contributed by atoms with Gasteiger partial charge < -0.3 is 14.8 Å². The van der Waals surface area contributed by atoms with E-state index in [1.807, 2.05) is 19.9 Å². The Morgan fingerprint density at radius 1 is 1.20 bits per heavy atom. The molecule has 0 heterocycles. The molecular formula is C18H28ClNO4S. The average molecular weight is 390 g/mol. The number of rotatable bonds is 6. The van der Waals surface area contributed by atoms with Crippen LogP contribution in [0, 0.1) is 5.92 Å². The van der Waals surface area contributed by atoms with Crippen molar-refractivity contribution in [1.29, 1.82) is 0 Å². The van der Waals surface area contributed by atoms with Crippen molar-refractivity contribution in [3.63, 3.8) is 0 Å². The van der Waals surface area contributed by atoms with Gasteiger partial charge in [-0.3, -0.25) is 0 Å². The van der Waals surface area contributed by atoms with Gasteiger partial charge in [0.1, 0.15) is 18.2 Å². The van der Waals surface area contributed by atoms with Crippen LogP contribution < -0.4 is 5.32 Å². The number of hydrogen-bond acceptors (Lipinski definition) is 4. The number of hydrogen-bond donors (Lipinski definition) is 1. The van der Waals surface area contributed by atoms with Gasteiger partial charge in [0.05, 0.1) is 0 Å². The van der Waals surface area contributed by atoms with Gasteiger partial charge in [-0.05, 0) is 39.2 Å². The lowest BCUT2D eigenvalue weighted by molar-refractivity contribution is -0.148. The topological polar surface area (TPSA) is 64.6 Å². The van der Waals surface area contributed by atoms with Gasteiger partial charge in [-0.2, -0.15) is 13.5 Å². The van der Waals surface area contributed by atoms with E-state index in [0.29, 0.717) is 17.0 Å². The van der Waals surface area contributed by atoms with Gasteiger partial charge in [0.15, 0.2) is 0 Å². The maximum absolute atomic E-state index is 12.3. The highest BCUT2D eigenvalue weighted by Crippen LogP contribution is 2.17. The van der Waals surface area contributed by atoms with E-state index in [1.165, 1.54) is 0 Å². The molecule has 0 fully saturated rings. The number of alkyl carbamates (subject to hydrolysis) is 1. The van der Waals surface area contributed by atoms with Gasteiger partial charge in [0, 0.05) is 10.6 Å². The second kappa shape index (κ2) is 10.6. The molecule has 0 saturated carbocycles. The summed E-state index contributed by atoms with van der Waals surface area (Å²) < 4.78 is 10.5. The van der Waals surface area contributed by atoms with Crippen LogP contribution in [0.25, 0.3) is 0 Å². The van der Waals surface area contributed by atoms with Crippen molar-refractivity contribution in [3.05, 3.63) is 34.9 Å². The fourth-order valence-corrected chi connectivity index (χ4v) is 2.19. The number of ether oxygens (including phenoxy) is 2. The smallest absolute Gasteiger partial charge is 0.408 e. The van der Waals surface area contributed by atoms with Crippen LogP contribution in [0.2, 0.25) is 5.02 Å². The van der Waals surface area contributed by atoms with Crippen LogP contribution in [-0.4, -0.2) is 23.7 Å². The first kappa shape index (κ1) is 23.6. The van der Waals surface area contributed by atoms with Crippen molar-refractivity contribution < 1.29 is 19.1 Å². The Balaban J connectivity index is 0.00000576. The third-order valence-electron chi connectivity index (χ3n) is 3.01. The quantitative estimate of drug-likeness (QED) is 0.730. The third kappa shape index (κ3) is 9.60. The SMILES string of the molecule is CC(C)C[C@H](NC(=O)OC(C)(C)C)C(=O)OCc1ccccc1Cl.S. The van der Waals surface area contributed by atoms with Gasteiger partial charge in [0.2, 0.25) is 0 Å². The Hall–Kier alpha value is -1.40. The average Bonchev–Trinajstić information content (AvgIpc) is 2.43. The van der Waals surface area contributed by atoms with E-state index in [4.69, 9.17) is 21.1 Å². The van der Waals surface area contributed by atoms with Crippen molar-refractivity contribution in [2.45, 2.75) is 59.3 Å². The lowest BCUT2D eigenvalue weighted by atomic mass is 10.0. The predicted molar refractivity (Wildman–Crippen MR) is 104 cm³/mol. The predicted octanol–water partition coefficient (Wildman–Crippen LogP) is 4.44. The third-order valence-corrected chi connectivity index (χ3v) is 3.38. The van der Waals surface area contributed by atoms with E-state index in [1.54, 1.807) is 39.0 Å². The van der Waals surface area contributed by atoms with Gasteiger partial charge in [0.25, 0.3) is 0 Å². The molecule has 1 rings (SSSR count). The first-order chi connectivity index (χ1) is 11.1. The summed E-state index contributed by atoms with van der Waals surface area (Å²) in [5.41, 5.74) is 0.0848. The summed E-state index contributed by atoms with van der Waals surface area (Å²) in [6.45, 7) is 9.28. The molecule has 5 nitrogen and oxygen atoms in total. The minimum atomic E-state index is -0.762. The van der Waals surface area contributed by atoms with Crippen molar-refractivity contribution in [2.75, 3.05) is 0 Å². The van der Waals surface area contributed by atoms with Crippen LogP contribution in [0.5, 0.6) is 0 Å². The van der Waals surface area contributed by atoms with E-state index in [0.717, 1.165) is 0 Å². The van der Waals surface area contributed by atoms with Crippen molar-refractivity contribution >= 4 is 37.2 Å². The van der Waals surface area contributed by atoms with Crippen LogP contribution in [0.1, 0.15) is 46.6 Å². The highest BCUT2D eigenvalue weighted by Gasteiger charge is 2.26. The second-order valence-corrected chi connectivity index (χ2v) is 7.43. The van der Waals surface area contributed by atoms with E-state index < -0.39 is 23.7 Å². The molecule has 0 aliphatic carbocycles. The first-order valence-electron chi connectivity index (χ1n) is 7.98. The monoisotopic (exact) mass is 389 g/mol. The van der Waals surface area contributed by atoms with Crippen molar-refractivity contribution in [1.82, 2.24) is 5.32 Å². The normalized spacial score (nSPS) is 12.1. The fourth-order valence-electron chi connectivity index (χ4n) is 2.00. The molecule has 1 amide bonds. The highest BCUT2D eigenvalue weighted by molar-refractivity contribution is 7.59. The number of carbonyl (C=O) groups is 2. The minimum Gasteiger partial charge on any atom is -0.459 e.